The van der Waals surface area contributed by atoms with Gasteiger partial charge < -0.3 is 19.9 Å². The van der Waals surface area contributed by atoms with Crippen LogP contribution in [0.2, 0.25) is 0 Å². The Morgan fingerprint density at radius 3 is 2.71 bits per heavy atom. The molecule has 0 aromatic heterocycles. The second-order valence-electron chi connectivity index (χ2n) is 8.90. The molecule has 2 aliphatic rings. The third-order valence-corrected chi connectivity index (χ3v) is 6.42. The predicted molar refractivity (Wildman–Crippen MR) is 127 cm³/mol. The second-order valence-corrected chi connectivity index (χ2v) is 9.34. The van der Waals surface area contributed by atoms with Gasteiger partial charge in [-0.25, -0.2) is 8.78 Å². The molecule has 0 bridgehead atoms. The molecule has 180 valence electrons. The SMILES string of the molecule is CNCC(=O)N1CCc2cc(N3C(=O)C(Cl)C(OCc4ccc(F)cc4F)=CC3(C)C)ccc21. The maximum Gasteiger partial charge on any atom is 0.253 e. The average molecular weight is 490 g/mol. The highest BCUT2D eigenvalue weighted by molar-refractivity contribution is 6.35. The molecule has 2 aromatic carbocycles. The van der Waals surface area contributed by atoms with Crippen molar-refractivity contribution in [1.82, 2.24) is 5.32 Å². The van der Waals surface area contributed by atoms with Gasteiger partial charge in [0.05, 0.1) is 12.1 Å². The first kappa shape index (κ1) is 24.2. The van der Waals surface area contributed by atoms with E-state index in [0.29, 0.717) is 18.7 Å². The molecule has 2 amide bonds. The highest BCUT2D eigenvalue weighted by Crippen LogP contribution is 2.38. The normalized spacial score (nSPS) is 19.2. The van der Waals surface area contributed by atoms with Gasteiger partial charge in [-0.15, -0.1) is 11.6 Å². The van der Waals surface area contributed by atoms with Crippen molar-refractivity contribution in [1.29, 1.82) is 0 Å². The summed E-state index contributed by atoms with van der Waals surface area (Å²) < 4.78 is 32.8. The van der Waals surface area contributed by atoms with Crippen LogP contribution in [0.15, 0.2) is 48.2 Å². The number of nitrogens with one attached hydrogen (secondary N) is 1. The van der Waals surface area contributed by atoms with Crippen molar-refractivity contribution in [3.05, 3.63) is 71.0 Å². The van der Waals surface area contributed by atoms with Crippen LogP contribution in [0.3, 0.4) is 0 Å². The minimum Gasteiger partial charge on any atom is -0.491 e. The van der Waals surface area contributed by atoms with Crippen LogP contribution >= 0.6 is 11.6 Å². The van der Waals surface area contributed by atoms with Crippen LogP contribution in [0.25, 0.3) is 0 Å². The first-order chi connectivity index (χ1) is 16.1. The largest absolute Gasteiger partial charge is 0.491 e. The lowest BCUT2D eigenvalue weighted by molar-refractivity contribution is -0.120. The number of carbonyl (C=O) groups excluding carboxylic acids is 2. The molecule has 4 rings (SSSR count). The zero-order chi connectivity index (χ0) is 24.6. The highest BCUT2D eigenvalue weighted by atomic mass is 35.5. The Labute approximate surface area is 202 Å². The fourth-order valence-corrected chi connectivity index (χ4v) is 4.64. The average Bonchev–Trinajstić information content (AvgIpc) is 3.20. The van der Waals surface area contributed by atoms with Gasteiger partial charge in [-0.3, -0.25) is 9.59 Å². The van der Waals surface area contributed by atoms with Crippen LogP contribution < -0.4 is 15.1 Å². The van der Waals surface area contributed by atoms with E-state index in [9.17, 15) is 18.4 Å². The van der Waals surface area contributed by atoms with Crippen LogP contribution in [-0.2, 0) is 27.4 Å². The third kappa shape index (κ3) is 4.52. The number of hydrogen-bond donors (Lipinski definition) is 1. The van der Waals surface area contributed by atoms with E-state index in [1.165, 1.54) is 6.07 Å². The van der Waals surface area contributed by atoms with Crippen molar-refractivity contribution in [3.8, 4) is 0 Å². The molecule has 34 heavy (non-hydrogen) atoms. The Bertz CT molecular complexity index is 1170. The number of hydrogen-bond acceptors (Lipinski definition) is 4. The lowest BCUT2D eigenvalue weighted by Gasteiger charge is -2.42. The Kier molecular flexibility index (Phi) is 6.64. The number of rotatable bonds is 6. The van der Waals surface area contributed by atoms with Gasteiger partial charge in [-0.1, -0.05) is 0 Å². The molecule has 0 aliphatic carbocycles. The van der Waals surface area contributed by atoms with Crippen LogP contribution in [0.4, 0.5) is 20.2 Å². The maximum absolute atomic E-state index is 14.0. The van der Waals surface area contributed by atoms with Crippen molar-refractivity contribution in [2.24, 2.45) is 0 Å². The zero-order valence-corrected chi connectivity index (χ0v) is 20.0. The molecule has 9 heteroatoms. The molecule has 0 saturated carbocycles. The van der Waals surface area contributed by atoms with Gasteiger partial charge in [-0.05, 0) is 69.3 Å². The Morgan fingerprint density at radius 1 is 1.24 bits per heavy atom. The Morgan fingerprint density at radius 2 is 2.00 bits per heavy atom. The summed E-state index contributed by atoms with van der Waals surface area (Å²) in [5, 5.41) is 1.78. The summed E-state index contributed by atoms with van der Waals surface area (Å²) >= 11 is 6.45. The van der Waals surface area contributed by atoms with Crippen LogP contribution in [0, 0.1) is 11.6 Å². The first-order valence-corrected chi connectivity index (χ1v) is 11.4. The van der Waals surface area contributed by atoms with E-state index in [1.54, 1.807) is 29.0 Å². The zero-order valence-electron chi connectivity index (χ0n) is 19.2. The molecule has 0 saturated heterocycles. The summed E-state index contributed by atoms with van der Waals surface area (Å²) in [4.78, 5) is 29.0. The second kappa shape index (κ2) is 9.35. The first-order valence-electron chi connectivity index (χ1n) is 11.0. The van der Waals surface area contributed by atoms with E-state index in [1.807, 2.05) is 26.0 Å². The number of fused-ring (bicyclic) bond motifs is 1. The third-order valence-electron chi connectivity index (χ3n) is 6.01. The van der Waals surface area contributed by atoms with E-state index in [4.69, 9.17) is 16.3 Å². The number of halogens is 3. The van der Waals surface area contributed by atoms with Gasteiger partial charge in [0.15, 0.2) is 5.38 Å². The number of carbonyl (C=O) groups is 2. The molecule has 6 nitrogen and oxygen atoms in total. The van der Waals surface area contributed by atoms with E-state index in [0.717, 1.165) is 23.4 Å². The number of alkyl halides is 1. The van der Waals surface area contributed by atoms with E-state index in [2.05, 4.69) is 5.32 Å². The summed E-state index contributed by atoms with van der Waals surface area (Å²) in [6, 6.07) is 8.80. The predicted octanol–water partition coefficient (Wildman–Crippen LogP) is 3.91. The van der Waals surface area contributed by atoms with Gasteiger partial charge in [0.25, 0.3) is 5.91 Å². The molecular weight excluding hydrogens is 464 g/mol. The number of amides is 2. The molecule has 2 aliphatic heterocycles. The van der Waals surface area contributed by atoms with Crippen molar-refractivity contribution in [2.75, 3.05) is 29.9 Å². The van der Waals surface area contributed by atoms with Gasteiger partial charge in [0, 0.05) is 29.5 Å². The van der Waals surface area contributed by atoms with Crippen molar-refractivity contribution >= 4 is 34.8 Å². The van der Waals surface area contributed by atoms with E-state index < -0.39 is 22.6 Å². The monoisotopic (exact) mass is 489 g/mol. The quantitative estimate of drug-likeness (QED) is 0.625. The topological polar surface area (TPSA) is 61.9 Å². The standard InChI is InChI=1S/C25H26ClF2N3O3/c1-25(2)12-21(34-14-16-4-5-17(27)11-19(16)28)23(26)24(33)31(25)18-6-7-20-15(10-18)8-9-30(20)22(32)13-29-3/h4-7,10-12,23,29H,8-9,13-14H2,1-3H3. The molecule has 1 atom stereocenters. The summed E-state index contributed by atoms with van der Waals surface area (Å²) in [7, 11) is 1.73. The molecule has 0 radical (unpaired) electrons. The Balaban J connectivity index is 1.57. The molecule has 1 unspecified atom stereocenters. The van der Waals surface area contributed by atoms with Crippen LogP contribution in [0.5, 0.6) is 0 Å². The molecule has 0 spiro atoms. The highest BCUT2D eigenvalue weighted by Gasteiger charge is 2.42. The lowest BCUT2D eigenvalue weighted by atomic mass is 9.94. The van der Waals surface area contributed by atoms with Gasteiger partial charge in [0.1, 0.15) is 24.0 Å². The molecular formula is C25H26ClF2N3O3. The molecule has 2 aromatic rings. The summed E-state index contributed by atoms with van der Waals surface area (Å²) in [6.07, 6.45) is 2.43. The minimum atomic E-state index is -1.10. The fourth-order valence-electron chi connectivity index (χ4n) is 4.41. The lowest BCUT2D eigenvalue weighted by Crippen LogP contribution is -2.54. The van der Waals surface area contributed by atoms with Gasteiger partial charge in [0.2, 0.25) is 5.91 Å². The van der Waals surface area contributed by atoms with Crippen molar-refractivity contribution in [3.63, 3.8) is 0 Å². The number of anilines is 2. The molecule has 1 N–H and O–H groups in total. The van der Waals surface area contributed by atoms with Crippen LogP contribution in [-0.4, -0.2) is 42.9 Å². The van der Waals surface area contributed by atoms with Gasteiger partial charge >= 0.3 is 0 Å². The fraction of sp³-hybridized carbons (Fsp3) is 0.360. The summed E-state index contributed by atoms with van der Waals surface area (Å²) in [5.41, 5.74) is 1.87. The smallest absolute Gasteiger partial charge is 0.253 e. The molecule has 2 heterocycles. The van der Waals surface area contributed by atoms with E-state index >= 15 is 0 Å². The summed E-state index contributed by atoms with van der Waals surface area (Å²) in [6.45, 7) is 4.37. The van der Waals surface area contributed by atoms with Crippen LogP contribution in [0.1, 0.15) is 25.0 Å². The number of ether oxygens (including phenoxy) is 1. The van der Waals surface area contributed by atoms with Gasteiger partial charge in [-0.2, -0.15) is 0 Å². The number of nitrogens with zero attached hydrogens (tertiary/aromatic N) is 2. The maximum atomic E-state index is 14.0. The Hall–Kier alpha value is -2.97. The number of benzene rings is 2. The van der Waals surface area contributed by atoms with Crippen molar-refractivity contribution < 1.29 is 23.1 Å². The number of likely N-dealkylation sites (N-methyl/N-ethyl adjacent to an activating group) is 1. The summed E-state index contributed by atoms with van der Waals surface area (Å²) in [5.74, 6) is -1.56. The van der Waals surface area contributed by atoms with E-state index in [-0.39, 0.29) is 36.3 Å². The van der Waals surface area contributed by atoms with Crippen molar-refractivity contribution in [2.45, 2.75) is 37.8 Å². The molecule has 0 fully saturated rings. The minimum absolute atomic E-state index is 0.00786.